The predicted octanol–water partition coefficient (Wildman–Crippen LogP) is 1.99. The van der Waals surface area contributed by atoms with E-state index in [9.17, 15) is 14.4 Å². The van der Waals surface area contributed by atoms with E-state index in [1.807, 2.05) is 29.9 Å². The molecule has 0 radical (unpaired) electrons. The second-order valence-corrected chi connectivity index (χ2v) is 9.42. The number of aryl methyl sites for hydroxylation is 1. The number of imide groups is 1. The van der Waals surface area contributed by atoms with Crippen LogP contribution in [0.3, 0.4) is 0 Å². The fourth-order valence-corrected chi connectivity index (χ4v) is 5.46. The number of carbonyl (C=O) groups is 3. The van der Waals surface area contributed by atoms with Gasteiger partial charge in [0.1, 0.15) is 11.6 Å². The first-order valence-electron chi connectivity index (χ1n) is 11.8. The Morgan fingerprint density at radius 1 is 1.12 bits per heavy atom. The molecule has 1 aromatic carbocycles. The first-order chi connectivity index (χ1) is 16.5. The average molecular weight is 459 g/mol. The number of carbonyl (C=O) groups excluding carboxylic acids is 3. The van der Waals surface area contributed by atoms with Crippen LogP contribution in [0.1, 0.15) is 47.2 Å². The van der Waals surface area contributed by atoms with Gasteiger partial charge >= 0.3 is 0 Å². The van der Waals surface area contributed by atoms with E-state index in [1.54, 1.807) is 11.1 Å². The largest absolute Gasteiger partial charge is 0.322 e. The van der Waals surface area contributed by atoms with Crippen molar-refractivity contribution < 1.29 is 14.4 Å². The number of hydrogen-bond acceptors (Lipinski definition) is 6. The number of nitrogens with zero attached hydrogens (tertiary/aromatic N) is 5. The molecule has 0 bridgehead atoms. The van der Waals surface area contributed by atoms with Crippen molar-refractivity contribution in [2.75, 3.05) is 13.1 Å². The summed E-state index contributed by atoms with van der Waals surface area (Å²) in [6.45, 7) is 3.42. The van der Waals surface area contributed by atoms with Gasteiger partial charge in [0, 0.05) is 37.7 Å². The van der Waals surface area contributed by atoms with Gasteiger partial charge < -0.3 is 4.90 Å². The van der Waals surface area contributed by atoms with Gasteiger partial charge in [0.2, 0.25) is 11.8 Å². The normalized spacial score (nSPS) is 20.9. The van der Waals surface area contributed by atoms with Gasteiger partial charge in [0.25, 0.3) is 5.91 Å². The number of nitrogens with one attached hydrogen (secondary N) is 1. The van der Waals surface area contributed by atoms with E-state index in [1.165, 1.54) is 18.4 Å². The Hall–Kier alpha value is -3.59. The summed E-state index contributed by atoms with van der Waals surface area (Å²) in [7, 11) is 1.95. The van der Waals surface area contributed by atoms with Crippen LogP contribution >= 0.6 is 0 Å². The fourth-order valence-electron chi connectivity index (χ4n) is 5.46. The minimum atomic E-state index is -0.613. The molecule has 9 heteroatoms. The van der Waals surface area contributed by atoms with Crippen molar-refractivity contribution in [3.8, 4) is 11.3 Å². The van der Waals surface area contributed by atoms with Gasteiger partial charge in [0.15, 0.2) is 0 Å². The van der Waals surface area contributed by atoms with Crippen LogP contribution in [0, 0.1) is 0 Å². The lowest BCUT2D eigenvalue weighted by Gasteiger charge is -2.29. The van der Waals surface area contributed by atoms with Crippen molar-refractivity contribution in [1.29, 1.82) is 0 Å². The number of benzene rings is 1. The lowest BCUT2D eigenvalue weighted by atomic mass is 10.0. The summed E-state index contributed by atoms with van der Waals surface area (Å²) in [6, 6.07) is 7.28. The molecule has 2 saturated heterocycles. The van der Waals surface area contributed by atoms with Crippen molar-refractivity contribution in [2.45, 2.75) is 44.8 Å². The van der Waals surface area contributed by atoms with E-state index in [4.69, 9.17) is 4.98 Å². The molecule has 0 saturated carbocycles. The van der Waals surface area contributed by atoms with E-state index in [0.29, 0.717) is 18.5 Å². The minimum Gasteiger partial charge on any atom is -0.322 e. The van der Waals surface area contributed by atoms with Gasteiger partial charge in [-0.15, -0.1) is 0 Å². The third-order valence-corrected chi connectivity index (χ3v) is 7.19. The highest BCUT2D eigenvalue weighted by atomic mass is 16.2. The maximum Gasteiger partial charge on any atom is 0.255 e. The second kappa shape index (κ2) is 8.02. The molecule has 0 aliphatic carbocycles. The molecule has 1 atom stereocenters. The molecule has 9 nitrogen and oxygen atoms in total. The van der Waals surface area contributed by atoms with E-state index in [0.717, 1.165) is 47.5 Å². The standard InChI is InChI=1S/C25H26N6O3/c1-29-23-17(13-30-8-2-3-9-30)11-19(27-20(23)12-26-29)15-4-5-18-16(10-15)14-31(25(18)34)21-6-7-22(32)28-24(21)33/h4-5,10-12,21H,2-3,6-9,13-14H2,1H3,(H,28,32,33). The van der Waals surface area contributed by atoms with E-state index >= 15 is 0 Å². The zero-order chi connectivity index (χ0) is 23.4. The molecule has 2 fully saturated rings. The van der Waals surface area contributed by atoms with Gasteiger partial charge in [-0.05, 0) is 61.7 Å². The number of likely N-dealkylation sites (tertiary alicyclic amines) is 1. The van der Waals surface area contributed by atoms with Crippen LogP contribution in [-0.4, -0.2) is 61.4 Å². The van der Waals surface area contributed by atoms with Gasteiger partial charge in [-0.1, -0.05) is 6.07 Å². The molecule has 174 valence electrons. The van der Waals surface area contributed by atoms with Crippen molar-refractivity contribution in [3.63, 3.8) is 0 Å². The first-order valence-corrected chi connectivity index (χ1v) is 11.8. The van der Waals surface area contributed by atoms with Crippen LogP contribution in [0.5, 0.6) is 0 Å². The molecule has 3 aliphatic rings. The van der Waals surface area contributed by atoms with Crippen LogP contribution < -0.4 is 5.32 Å². The molecular weight excluding hydrogens is 432 g/mol. The van der Waals surface area contributed by atoms with Gasteiger partial charge in [0.05, 0.1) is 17.4 Å². The maximum absolute atomic E-state index is 13.0. The zero-order valence-electron chi connectivity index (χ0n) is 19.1. The number of aromatic nitrogens is 3. The minimum absolute atomic E-state index is 0.165. The number of fused-ring (bicyclic) bond motifs is 2. The van der Waals surface area contributed by atoms with E-state index < -0.39 is 11.9 Å². The van der Waals surface area contributed by atoms with Crippen LogP contribution in [0.2, 0.25) is 0 Å². The zero-order valence-corrected chi connectivity index (χ0v) is 19.1. The summed E-state index contributed by atoms with van der Waals surface area (Å²) >= 11 is 0. The molecule has 6 rings (SSSR count). The summed E-state index contributed by atoms with van der Waals surface area (Å²) in [5.74, 6) is -0.844. The van der Waals surface area contributed by atoms with Gasteiger partial charge in [-0.2, -0.15) is 5.10 Å². The Kier molecular flexibility index (Phi) is 4.95. The number of hydrogen-bond donors (Lipinski definition) is 1. The van der Waals surface area contributed by atoms with Gasteiger partial charge in [-0.25, -0.2) is 4.98 Å². The van der Waals surface area contributed by atoms with Crippen molar-refractivity contribution in [2.24, 2.45) is 7.05 Å². The molecule has 2 aromatic heterocycles. The van der Waals surface area contributed by atoms with Crippen LogP contribution in [0.15, 0.2) is 30.5 Å². The molecule has 1 unspecified atom stereocenters. The quantitative estimate of drug-likeness (QED) is 0.600. The summed E-state index contributed by atoms with van der Waals surface area (Å²) in [6.07, 6.45) is 4.87. The molecule has 1 N–H and O–H groups in total. The second-order valence-electron chi connectivity index (χ2n) is 9.42. The Balaban J connectivity index is 1.33. The molecule has 3 amide bonds. The highest BCUT2D eigenvalue weighted by Gasteiger charge is 2.39. The SMILES string of the molecule is Cn1ncc2nc(-c3ccc4c(c3)CN(C3CCC(=O)NC3=O)C4=O)cc(CN3CCCC3)c21. The molecule has 3 aromatic rings. The Morgan fingerprint density at radius 3 is 2.74 bits per heavy atom. The third kappa shape index (κ3) is 3.47. The first kappa shape index (κ1) is 21.0. The van der Waals surface area contributed by atoms with E-state index in [-0.39, 0.29) is 18.2 Å². The Labute approximate surface area is 196 Å². The lowest BCUT2D eigenvalue weighted by molar-refractivity contribution is -0.136. The highest BCUT2D eigenvalue weighted by Crippen LogP contribution is 2.32. The fraction of sp³-hybridized carbons (Fsp3) is 0.400. The molecule has 3 aliphatic heterocycles. The maximum atomic E-state index is 13.0. The third-order valence-electron chi connectivity index (χ3n) is 7.19. The molecule has 34 heavy (non-hydrogen) atoms. The average Bonchev–Trinajstić information content (AvgIpc) is 3.54. The topological polar surface area (TPSA) is 100 Å². The summed E-state index contributed by atoms with van der Waals surface area (Å²) in [4.78, 5) is 45.8. The predicted molar refractivity (Wildman–Crippen MR) is 125 cm³/mol. The highest BCUT2D eigenvalue weighted by molar-refractivity contribution is 6.05. The van der Waals surface area contributed by atoms with Crippen molar-refractivity contribution in [3.05, 3.63) is 47.2 Å². The number of amides is 3. The molecular formula is C25H26N6O3. The van der Waals surface area contributed by atoms with Gasteiger partial charge in [-0.3, -0.25) is 29.3 Å². The number of pyridine rings is 1. The van der Waals surface area contributed by atoms with Crippen molar-refractivity contribution in [1.82, 2.24) is 29.9 Å². The smallest absolute Gasteiger partial charge is 0.255 e. The number of piperidine rings is 1. The van der Waals surface area contributed by atoms with Crippen molar-refractivity contribution >= 4 is 28.8 Å². The Bertz CT molecular complexity index is 1340. The molecule has 0 spiro atoms. The molecule has 5 heterocycles. The monoisotopic (exact) mass is 458 g/mol. The van der Waals surface area contributed by atoms with Crippen LogP contribution in [0.4, 0.5) is 0 Å². The lowest BCUT2D eigenvalue weighted by Crippen LogP contribution is -2.52. The summed E-state index contributed by atoms with van der Waals surface area (Å²) in [5, 5.41) is 6.78. The number of rotatable bonds is 4. The summed E-state index contributed by atoms with van der Waals surface area (Å²) in [5.41, 5.74) is 6.37. The van der Waals surface area contributed by atoms with E-state index in [2.05, 4.69) is 21.4 Å². The Morgan fingerprint density at radius 2 is 1.94 bits per heavy atom. The van der Waals surface area contributed by atoms with Crippen LogP contribution in [-0.2, 0) is 29.7 Å². The van der Waals surface area contributed by atoms with Crippen LogP contribution in [0.25, 0.3) is 22.3 Å². The summed E-state index contributed by atoms with van der Waals surface area (Å²) < 4.78 is 1.89.